The van der Waals surface area contributed by atoms with Gasteiger partial charge in [0.1, 0.15) is 12.1 Å². The first-order valence-corrected chi connectivity index (χ1v) is 15.8. The second-order valence-electron chi connectivity index (χ2n) is 13.2. The lowest BCUT2D eigenvalue weighted by Crippen LogP contribution is -2.62. The maximum atomic E-state index is 14.0. The smallest absolute Gasteiger partial charge is 0.315 e. The van der Waals surface area contributed by atoms with E-state index in [-0.39, 0.29) is 23.4 Å². The van der Waals surface area contributed by atoms with Gasteiger partial charge in [0, 0.05) is 23.4 Å². The molecule has 3 unspecified atom stereocenters. The van der Waals surface area contributed by atoms with E-state index in [0.29, 0.717) is 25.8 Å². The van der Waals surface area contributed by atoms with E-state index in [4.69, 9.17) is 5.73 Å². The third-order valence-corrected chi connectivity index (χ3v) is 9.53. The van der Waals surface area contributed by atoms with Crippen LogP contribution in [-0.2, 0) is 25.6 Å². The Kier molecular flexibility index (Phi) is 9.77. The molecule has 1 saturated heterocycles. The molecule has 5 N–H and O–H groups in total. The van der Waals surface area contributed by atoms with Crippen LogP contribution in [0, 0.1) is 11.3 Å². The van der Waals surface area contributed by atoms with Crippen LogP contribution in [0.1, 0.15) is 89.9 Å². The number of Topliss-reactive ketones (excluding diaryl/α,β-unsaturated/α-hetero) is 1. The molecule has 2 heterocycles. The lowest BCUT2D eigenvalue weighted by molar-refractivity contribution is -0.143. The molecule has 0 bridgehead atoms. The van der Waals surface area contributed by atoms with Crippen molar-refractivity contribution in [2.75, 3.05) is 6.54 Å². The first-order chi connectivity index (χ1) is 19.4. The van der Waals surface area contributed by atoms with Gasteiger partial charge in [0.15, 0.2) is 0 Å². The van der Waals surface area contributed by atoms with Crippen molar-refractivity contribution < 1.29 is 24.0 Å². The van der Waals surface area contributed by atoms with Gasteiger partial charge >= 0.3 is 6.03 Å². The SMILES string of the molecule is CC(C)(C)C(NC(=O)NC1(Cc2cccs2)CCCCC1)C(=O)N1CCCC1C(=O)NC(CC1CC1)C(=O)C(N)=O. The van der Waals surface area contributed by atoms with Crippen LogP contribution in [0.4, 0.5) is 4.79 Å². The molecule has 1 aliphatic heterocycles. The molecule has 5 amide bonds. The minimum atomic E-state index is -1.08. The molecule has 226 valence electrons. The Morgan fingerprint density at radius 3 is 2.34 bits per heavy atom. The number of amides is 5. The Morgan fingerprint density at radius 2 is 1.76 bits per heavy atom. The normalized spacial score (nSPS) is 21.9. The summed E-state index contributed by atoms with van der Waals surface area (Å²) in [5.74, 6) is -2.41. The van der Waals surface area contributed by atoms with Crippen LogP contribution in [-0.4, -0.2) is 64.6 Å². The van der Waals surface area contributed by atoms with Gasteiger partial charge in [-0.2, -0.15) is 0 Å². The van der Waals surface area contributed by atoms with Crippen LogP contribution in [0.2, 0.25) is 0 Å². The van der Waals surface area contributed by atoms with E-state index in [2.05, 4.69) is 22.0 Å². The largest absolute Gasteiger partial charge is 0.363 e. The van der Waals surface area contributed by atoms with E-state index in [9.17, 15) is 24.0 Å². The van der Waals surface area contributed by atoms with Crippen LogP contribution in [0.3, 0.4) is 0 Å². The van der Waals surface area contributed by atoms with Crippen molar-refractivity contribution in [2.24, 2.45) is 17.1 Å². The van der Waals surface area contributed by atoms with Crippen LogP contribution < -0.4 is 21.7 Å². The van der Waals surface area contributed by atoms with Crippen molar-refractivity contribution in [3.63, 3.8) is 0 Å². The highest BCUT2D eigenvalue weighted by molar-refractivity contribution is 7.09. The molecule has 3 aliphatic rings. The molecular formula is C30H45N5O5S. The summed E-state index contributed by atoms with van der Waals surface area (Å²) < 4.78 is 0. The predicted octanol–water partition coefficient (Wildman–Crippen LogP) is 3.04. The number of urea groups is 1. The Morgan fingerprint density at radius 1 is 1.05 bits per heavy atom. The number of hydrogen-bond donors (Lipinski definition) is 4. The zero-order chi connectivity index (χ0) is 29.8. The summed E-state index contributed by atoms with van der Waals surface area (Å²) in [6.07, 6.45) is 9.06. The molecule has 3 atom stereocenters. The fourth-order valence-electron chi connectivity index (χ4n) is 6.20. The minimum Gasteiger partial charge on any atom is -0.363 e. The third kappa shape index (κ3) is 8.08. The van der Waals surface area contributed by atoms with Crippen LogP contribution in [0.5, 0.6) is 0 Å². The lowest BCUT2D eigenvalue weighted by atomic mass is 9.79. The second-order valence-corrected chi connectivity index (χ2v) is 14.2. The molecule has 0 spiro atoms. The average molecular weight is 588 g/mol. The molecule has 10 nitrogen and oxygen atoms in total. The highest BCUT2D eigenvalue weighted by Crippen LogP contribution is 2.35. The summed E-state index contributed by atoms with van der Waals surface area (Å²) in [4.78, 5) is 67.5. The van der Waals surface area contributed by atoms with Gasteiger partial charge in [-0.3, -0.25) is 19.2 Å². The number of likely N-dealkylation sites (tertiary alicyclic amines) is 1. The van der Waals surface area contributed by atoms with Gasteiger partial charge in [-0.25, -0.2) is 4.79 Å². The summed E-state index contributed by atoms with van der Waals surface area (Å²) in [5.41, 5.74) is 4.25. The molecule has 41 heavy (non-hydrogen) atoms. The van der Waals surface area contributed by atoms with Crippen LogP contribution in [0.25, 0.3) is 0 Å². The van der Waals surface area contributed by atoms with Gasteiger partial charge in [0.25, 0.3) is 5.91 Å². The molecule has 3 fully saturated rings. The molecule has 2 saturated carbocycles. The van der Waals surface area contributed by atoms with Crippen molar-refractivity contribution in [3.8, 4) is 0 Å². The second kappa shape index (κ2) is 12.9. The number of thiophene rings is 1. The number of rotatable bonds is 11. The first kappa shape index (κ1) is 31.0. The van der Waals surface area contributed by atoms with Crippen LogP contribution in [0.15, 0.2) is 17.5 Å². The standard InChI is InChI=1S/C30H45N5O5S/c1-29(2,3)24(33-28(40)34-30(13-5-4-6-14-30)18-20-9-8-16-41-20)27(39)35-15-7-10-22(35)26(38)32-21(17-19-11-12-19)23(36)25(31)37/h8-9,16,19,21-22,24H,4-7,10-15,17-18H2,1-3H3,(H2,31,37)(H,32,38)(H2,33,34,40). The quantitative estimate of drug-likeness (QED) is 0.294. The van der Waals surface area contributed by atoms with E-state index >= 15 is 0 Å². The summed E-state index contributed by atoms with van der Waals surface area (Å²) in [7, 11) is 0. The predicted molar refractivity (Wildman–Crippen MR) is 157 cm³/mol. The first-order valence-electron chi connectivity index (χ1n) is 14.9. The fourth-order valence-corrected chi connectivity index (χ4v) is 7.05. The Hall–Kier alpha value is -2.95. The van der Waals surface area contributed by atoms with Gasteiger partial charge in [0.2, 0.25) is 17.6 Å². The molecule has 1 aromatic heterocycles. The lowest BCUT2D eigenvalue weighted by Gasteiger charge is -2.40. The molecule has 2 aliphatic carbocycles. The van der Waals surface area contributed by atoms with Gasteiger partial charge < -0.3 is 26.6 Å². The number of primary amides is 1. The monoisotopic (exact) mass is 587 g/mol. The number of hydrogen-bond acceptors (Lipinski definition) is 6. The Labute approximate surface area is 246 Å². The van der Waals surface area contributed by atoms with Gasteiger partial charge in [-0.15, -0.1) is 11.3 Å². The minimum absolute atomic E-state index is 0.283. The van der Waals surface area contributed by atoms with Gasteiger partial charge in [-0.05, 0) is 54.9 Å². The van der Waals surface area contributed by atoms with Crippen LogP contribution >= 0.6 is 11.3 Å². The topological polar surface area (TPSA) is 151 Å². The average Bonchev–Trinajstić information content (AvgIpc) is 3.34. The summed E-state index contributed by atoms with van der Waals surface area (Å²) >= 11 is 1.68. The number of nitrogens with one attached hydrogen (secondary N) is 3. The van der Waals surface area contributed by atoms with Crippen molar-refractivity contribution in [2.45, 2.75) is 115 Å². The summed E-state index contributed by atoms with van der Waals surface area (Å²) in [5, 5.41) is 11.0. The molecular weight excluding hydrogens is 542 g/mol. The van der Waals surface area contributed by atoms with Gasteiger partial charge in [0.05, 0.1) is 6.04 Å². The molecule has 4 rings (SSSR count). The molecule has 11 heteroatoms. The van der Waals surface area contributed by atoms with Crippen molar-refractivity contribution in [1.29, 1.82) is 0 Å². The zero-order valence-electron chi connectivity index (χ0n) is 24.5. The Balaban J connectivity index is 1.45. The maximum Gasteiger partial charge on any atom is 0.315 e. The van der Waals surface area contributed by atoms with E-state index in [1.807, 2.05) is 32.2 Å². The van der Waals surface area contributed by atoms with Crippen molar-refractivity contribution in [3.05, 3.63) is 22.4 Å². The highest BCUT2D eigenvalue weighted by atomic mass is 32.1. The van der Waals surface area contributed by atoms with E-state index in [0.717, 1.165) is 51.4 Å². The number of carbonyl (C=O) groups excluding carboxylic acids is 5. The molecule has 0 radical (unpaired) electrons. The zero-order valence-corrected chi connectivity index (χ0v) is 25.3. The van der Waals surface area contributed by atoms with Crippen molar-refractivity contribution in [1.82, 2.24) is 20.9 Å². The highest BCUT2D eigenvalue weighted by Gasteiger charge is 2.44. The number of nitrogens with two attached hydrogens (primary N) is 1. The Bertz CT molecular complexity index is 1120. The maximum absolute atomic E-state index is 14.0. The number of carbonyl (C=O) groups is 5. The molecule has 1 aromatic rings. The van der Waals surface area contributed by atoms with E-state index in [1.54, 1.807) is 11.3 Å². The van der Waals surface area contributed by atoms with E-state index in [1.165, 1.54) is 9.78 Å². The van der Waals surface area contributed by atoms with Crippen molar-refractivity contribution >= 4 is 40.9 Å². The summed E-state index contributed by atoms with van der Waals surface area (Å²) in [6.45, 7) is 6.03. The fraction of sp³-hybridized carbons (Fsp3) is 0.700. The van der Waals surface area contributed by atoms with E-state index < -0.39 is 41.1 Å². The third-order valence-electron chi connectivity index (χ3n) is 8.65. The number of nitrogens with zero attached hydrogens (tertiary/aromatic N) is 1. The summed E-state index contributed by atoms with van der Waals surface area (Å²) in [6, 6.07) is 1.09. The van der Waals surface area contributed by atoms with Gasteiger partial charge in [-0.1, -0.05) is 58.9 Å². The molecule has 0 aromatic carbocycles. The number of ketones is 1.